The van der Waals surface area contributed by atoms with Gasteiger partial charge in [-0.05, 0) is 51.4 Å². The van der Waals surface area contributed by atoms with Crippen LogP contribution in [0.5, 0.6) is 0 Å². The molecule has 0 fully saturated rings. The molecule has 0 aliphatic heterocycles. The fourth-order valence-corrected chi connectivity index (χ4v) is 9.50. The first-order chi connectivity index (χ1) is 18.2. The second-order valence-corrected chi connectivity index (χ2v) is 15.1. The molecule has 2 aromatic carbocycles. The highest BCUT2D eigenvalue weighted by molar-refractivity contribution is 6.99. The van der Waals surface area contributed by atoms with Gasteiger partial charge in [0, 0.05) is 19.3 Å². The molecule has 0 spiro atoms. The number of benzene rings is 2. The predicted octanol–water partition coefficient (Wildman–Crippen LogP) is 5.49. The molecule has 5 nitrogen and oxygen atoms in total. The van der Waals surface area contributed by atoms with Gasteiger partial charge in [-0.15, -0.1) is 0 Å². The maximum atomic E-state index is 11.4. The summed E-state index contributed by atoms with van der Waals surface area (Å²) in [5.41, 5.74) is 0.625. The standard InChI is InChI=1S/C32H44O5Si/c1-7-27(22-26(2)23-36-24-28(20-21-33)18-19-31(34)35-6)25-37-38(32(3,4)5,29-14-10-8-11-15-29)30-16-12-9-13-17-30/h8-21,26-27H,7,22-25H2,1-6H3/b19-18-,28-20+/t26-,27-/m0/s1. The van der Waals surface area contributed by atoms with E-state index in [1.807, 2.05) is 0 Å². The molecule has 0 unspecified atom stereocenters. The third kappa shape index (κ3) is 8.90. The van der Waals surface area contributed by atoms with Crippen molar-refractivity contribution in [3.63, 3.8) is 0 Å². The van der Waals surface area contributed by atoms with Gasteiger partial charge in [0.15, 0.2) is 0 Å². The van der Waals surface area contributed by atoms with Crippen LogP contribution in [0.1, 0.15) is 47.5 Å². The molecule has 0 aliphatic carbocycles. The molecule has 0 heterocycles. The first-order valence-electron chi connectivity index (χ1n) is 13.4. The van der Waals surface area contributed by atoms with Crippen LogP contribution in [0.3, 0.4) is 0 Å². The van der Waals surface area contributed by atoms with Gasteiger partial charge in [0.2, 0.25) is 0 Å². The van der Waals surface area contributed by atoms with Crippen LogP contribution in [0.15, 0.2) is 84.5 Å². The maximum absolute atomic E-state index is 11.4. The fourth-order valence-electron chi connectivity index (χ4n) is 4.85. The quantitative estimate of drug-likeness (QED) is 0.0991. The van der Waals surface area contributed by atoms with E-state index in [2.05, 4.69) is 100 Å². The Labute approximate surface area is 230 Å². The Balaban J connectivity index is 2.11. The molecule has 38 heavy (non-hydrogen) atoms. The summed E-state index contributed by atoms with van der Waals surface area (Å²) in [5, 5.41) is 2.53. The molecule has 2 atom stereocenters. The highest BCUT2D eigenvalue weighted by Crippen LogP contribution is 2.37. The van der Waals surface area contributed by atoms with Crippen LogP contribution in [0.2, 0.25) is 5.04 Å². The van der Waals surface area contributed by atoms with Crippen LogP contribution in [-0.2, 0) is 23.5 Å². The average Bonchev–Trinajstić information content (AvgIpc) is 2.91. The Morgan fingerprint density at radius 2 is 1.53 bits per heavy atom. The van der Waals surface area contributed by atoms with Crippen molar-refractivity contribution in [1.29, 1.82) is 0 Å². The van der Waals surface area contributed by atoms with Crippen LogP contribution in [0.4, 0.5) is 0 Å². The van der Waals surface area contributed by atoms with E-state index in [0.29, 0.717) is 36.9 Å². The number of carbonyl (C=O) groups excluding carboxylic acids is 2. The minimum absolute atomic E-state index is 0.0538. The molecule has 0 bridgehead atoms. The van der Waals surface area contributed by atoms with Crippen LogP contribution < -0.4 is 10.4 Å². The summed E-state index contributed by atoms with van der Waals surface area (Å²) in [5.74, 6) is 0.228. The normalized spacial score (nSPS) is 14.3. The molecule has 206 valence electrons. The number of carbonyl (C=O) groups is 2. The molecule has 2 rings (SSSR count). The number of hydrogen-bond acceptors (Lipinski definition) is 5. The summed E-state index contributed by atoms with van der Waals surface area (Å²) in [7, 11) is -1.25. The second-order valence-electron chi connectivity index (χ2n) is 10.8. The molecule has 0 saturated heterocycles. The van der Waals surface area contributed by atoms with Gasteiger partial charge in [-0.1, -0.05) is 102 Å². The Hall–Kier alpha value is -2.80. The summed E-state index contributed by atoms with van der Waals surface area (Å²) in [4.78, 5) is 22.3. The topological polar surface area (TPSA) is 61.8 Å². The van der Waals surface area contributed by atoms with E-state index in [-0.39, 0.29) is 11.6 Å². The molecule has 2 aromatic rings. The number of allylic oxidation sites excluding steroid dienone is 1. The van der Waals surface area contributed by atoms with Crippen molar-refractivity contribution in [2.45, 2.75) is 52.5 Å². The summed E-state index contributed by atoms with van der Waals surface area (Å²) in [6, 6.07) is 21.5. The SMILES string of the molecule is CC[C@H](CO[Si](c1ccccc1)(c1ccccc1)C(C)(C)C)C[C@H](C)COCC(/C=C\C(=O)OC)=C/C=O. The highest BCUT2D eigenvalue weighted by atomic mass is 28.4. The van der Waals surface area contributed by atoms with Crippen molar-refractivity contribution >= 4 is 30.9 Å². The summed E-state index contributed by atoms with van der Waals surface area (Å²) < 4.78 is 17.7. The molecule has 0 aromatic heterocycles. The second kappa shape index (κ2) is 15.6. The Morgan fingerprint density at radius 3 is 2.00 bits per heavy atom. The number of rotatable bonds is 15. The lowest BCUT2D eigenvalue weighted by molar-refractivity contribution is -0.134. The van der Waals surface area contributed by atoms with Crippen LogP contribution in [0.25, 0.3) is 0 Å². The number of aldehydes is 1. The van der Waals surface area contributed by atoms with Gasteiger partial charge in [-0.25, -0.2) is 4.79 Å². The van der Waals surface area contributed by atoms with E-state index in [9.17, 15) is 9.59 Å². The van der Waals surface area contributed by atoms with Crippen molar-refractivity contribution in [1.82, 2.24) is 0 Å². The van der Waals surface area contributed by atoms with Crippen molar-refractivity contribution < 1.29 is 23.5 Å². The third-order valence-electron chi connectivity index (χ3n) is 6.85. The Morgan fingerprint density at radius 1 is 0.947 bits per heavy atom. The summed E-state index contributed by atoms with van der Waals surface area (Å²) >= 11 is 0. The first kappa shape index (κ1) is 31.4. The molecule has 6 heteroatoms. The first-order valence-corrected chi connectivity index (χ1v) is 15.3. The van der Waals surface area contributed by atoms with Gasteiger partial charge < -0.3 is 13.9 Å². The third-order valence-corrected chi connectivity index (χ3v) is 11.9. The zero-order chi connectivity index (χ0) is 28.0. The van der Waals surface area contributed by atoms with Gasteiger partial charge in [-0.3, -0.25) is 4.79 Å². The van der Waals surface area contributed by atoms with Crippen LogP contribution in [-0.4, -0.2) is 47.5 Å². The molecule has 0 radical (unpaired) electrons. The predicted molar refractivity (Wildman–Crippen MR) is 157 cm³/mol. The van der Waals surface area contributed by atoms with Gasteiger partial charge in [0.1, 0.15) is 6.29 Å². The smallest absolute Gasteiger partial charge is 0.330 e. The van der Waals surface area contributed by atoms with Crippen LogP contribution >= 0.6 is 0 Å². The number of hydrogen-bond donors (Lipinski definition) is 0. The fraction of sp³-hybridized carbons (Fsp3) is 0.438. The zero-order valence-electron chi connectivity index (χ0n) is 23.8. The lowest BCUT2D eigenvalue weighted by atomic mass is 9.95. The largest absolute Gasteiger partial charge is 0.466 e. The Kier molecular flexibility index (Phi) is 12.9. The van der Waals surface area contributed by atoms with Gasteiger partial charge in [0.05, 0.1) is 13.7 Å². The number of ether oxygens (including phenoxy) is 2. The molecule has 0 aliphatic rings. The van der Waals surface area contributed by atoms with Gasteiger partial charge >= 0.3 is 5.97 Å². The number of esters is 1. The van der Waals surface area contributed by atoms with E-state index in [0.717, 1.165) is 12.8 Å². The van der Waals surface area contributed by atoms with Crippen molar-refractivity contribution in [3.8, 4) is 0 Å². The maximum Gasteiger partial charge on any atom is 0.330 e. The Bertz CT molecular complexity index is 1000. The van der Waals surface area contributed by atoms with E-state index >= 15 is 0 Å². The lowest BCUT2D eigenvalue weighted by Gasteiger charge is -2.43. The molecule has 0 amide bonds. The number of methoxy groups -OCH3 is 1. The van der Waals surface area contributed by atoms with E-state index in [1.54, 1.807) is 6.08 Å². The minimum atomic E-state index is -2.57. The monoisotopic (exact) mass is 536 g/mol. The van der Waals surface area contributed by atoms with Crippen molar-refractivity contribution in [3.05, 3.63) is 84.5 Å². The zero-order valence-corrected chi connectivity index (χ0v) is 24.8. The van der Waals surface area contributed by atoms with Crippen molar-refractivity contribution in [2.75, 3.05) is 26.9 Å². The average molecular weight is 537 g/mol. The van der Waals surface area contributed by atoms with Crippen molar-refractivity contribution in [2.24, 2.45) is 11.8 Å². The molecule has 0 saturated carbocycles. The highest BCUT2D eigenvalue weighted by Gasteiger charge is 2.50. The van der Waals surface area contributed by atoms with E-state index in [1.165, 1.54) is 29.6 Å². The minimum Gasteiger partial charge on any atom is -0.466 e. The van der Waals surface area contributed by atoms with Crippen LogP contribution in [0, 0.1) is 11.8 Å². The summed E-state index contributed by atoms with van der Waals surface area (Å²) in [6.45, 7) is 12.8. The lowest BCUT2D eigenvalue weighted by Crippen LogP contribution is -2.66. The van der Waals surface area contributed by atoms with Gasteiger partial charge in [0.25, 0.3) is 8.32 Å². The van der Waals surface area contributed by atoms with E-state index < -0.39 is 14.3 Å². The molecule has 0 N–H and O–H groups in total. The molecular weight excluding hydrogens is 492 g/mol. The van der Waals surface area contributed by atoms with E-state index in [4.69, 9.17) is 9.16 Å². The van der Waals surface area contributed by atoms with Gasteiger partial charge in [-0.2, -0.15) is 0 Å². The molecular formula is C32H44O5Si. The summed E-state index contributed by atoms with van der Waals surface area (Å²) in [6.07, 6.45) is 6.92.